The number of nitrogens with zero attached hydrogens (tertiary/aromatic N) is 1. The van der Waals surface area contributed by atoms with Crippen molar-refractivity contribution in [2.75, 3.05) is 37.9 Å². The summed E-state index contributed by atoms with van der Waals surface area (Å²) in [6.07, 6.45) is 0. The molecule has 112 valence electrons. The smallest absolute Gasteiger partial charge is 0.238 e. The molecule has 0 aliphatic heterocycles. The Labute approximate surface area is 119 Å². The predicted molar refractivity (Wildman–Crippen MR) is 79.8 cm³/mol. The zero-order valence-electron chi connectivity index (χ0n) is 12.2. The van der Waals surface area contributed by atoms with E-state index in [2.05, 4.69) is 5.32 Å². The Morgan fingerprint density at radius 1 is 1.50 bits per heavy atom. The van der Waals surface area contributed by atoms with E-state index >= 15 is 0 Å². The maximum absolute atomic E-state index is 12.0. The molecule has 0 unspecified atom stereocenters. The van der Waals surface area contributed by atoms with E-state index in [9.17, 15) is 4.79 Å². The molecule has 6 heteroatoms. The molecule has 0 aromatic heterocycles. The number of ether oxygens (including phenoxy) is 1. The van der Waals surface area contributed by atoms with Crippen molar-refractivity contribution in [1.29, 1.82) is 0 Å². The van der Waals surface area contributed by atoms with E-state index in [1.165, 1.54) is 7.11 Å². The molecule has 0 saturated heterocycles. The Balaban J connectivity index is 2.70. The van der Waals surface area contributed by atoms with Crippen molar-refractivity contribution in [3.8, 4) is 5.75 Å². The number of nitrogen functional groups attached to an aromatic ring is 1. The van der Waals surface area contributed by atoms with Crippen LogP contribution in [0.15, 0.2) is 18.2 Å². The molecule has 1 rings (SSSR count). The molecule has 0 aliphatic carbocycles. The number of carbonyl (C=O) groups excluding carboxylic acids is 1. The van der Waals surface area contributed by atoms with Crippen LogP contribution < -0.4 is 15.8 Å². The first-order chi connectivity index (χ1) is 9.47. The number of aliphatic hydroxyl groups excluding tert-OH is 1. The van der Waals surface area contributed by atoms with Gasteiger partial charge in [0.15, 0.2) is 0 Å². The van der Waals surface area contributed by atoms with Gasteiger partial charge in [-0.3, -0.25) is 9.69 Å². The van der Waals surface area contributed by atoms with Gasteiger partial charge in [-0.25, -0.2) is 0 Å². The Kier molecular flexibility index (Phi) is 6.27. The molecule has 6 nitrogen and oxygen atoms in total. The Morgan fingerprint density at radius 3 is 2.75 bits per heavy atom. The van der Waals surface area contributed by atoms with Gasteiger partial charge in [-0.1, -0.05) is 0 Å². The van der Waals surface area contributed by atoms with Gasteiger partial charge in [0.25, 0.3) is 0 Å². The van der Waals surface area contributed by atoms with Crippen LogP contribution in [0.1, 0.15) is 13.8 Å². The highest BCUT2D eigenvalue weighted by Crippen LogP contribution is 2.26. The lowest BCUT2D eigenvalue weighted by molar-refractivity contribution is -0.117. The van der Waals surface area contributed by atoms with Crippen molar-refractivity contribution < 1.29 is 14.6 Å². The van der Waals surface area contributed by atoms with Gasteiger partial charge in [0.2, 0.25) is 5.91 Å². The number of nitrogens with two attached hydrogens (primary N) is 1. The van der Waals surface area contributed by atoms with E-state index < -0.39 is 0 Å². The number of rotatable bonds is 7. The third-order valence-corrected chi connectivity index (χ3v) is 2.96. The lowest BCUT2D eigenvalue weighted by Gasteiger charge is -2.24. The molecular formula is C14H23N3O3. The summed E-state index contributed by atoms with van der Waals surface area (Å²) in [7, 11) is 1.52. The second kappa shape index (κ2) is 7.72. The number of amides is 1. The fourth-order valence-corrected chi connectivity index (χ4v) is 1.83. The van der Waals surface area contributed by atoms with Crippen molar-refractivity contribution in [3.63, 3.8) is 0 Å². The summed E-state index contributed by atoms with van der Waals surface area (Å²) in [6.45, 7) is 4.66. The molecule has 1 aromatic carbocycles. The van der Waals surface area contributed by atoms with Gasteiger partial charge in [0.1, 0.15) is 5.75 Å². The first-order valence-electron chi connectivity index (χ1n) is 6.56. The van der Waals surface area contributed by atoms with E-state index in [1.807, 2.05) is 18.7 Å². The van der Waals surface area contributed by atoms with Crippen LogP contribution in [-0.4, -0.2) is 48.8 Å². The lowest BCUT2D eigenvalue weighted by Crippen LogP contribution is -2.39. The average Bonchev–Trinajstić information content (AvgIpc) is 2.40. The van der Waals surface area contributed by atoms with Crippen LogP contribution in [0.25, 0.3) is 0 Å². The van der Waals surface area contributed by atoms with Gasteiger partial charge < -0.3 is 20.9 Å². The lowest BCUT2D eigenvalue weighted by atomic mass is 10.2. The SMILES string of the molecule is COc1cc(N)ccc1NC(=O)CN(CCO)C(C)C. The van der Waals surface area contributed by atoms with Crippen LogP contribution in [0.4, 0.5) is 11.4 Å². The second-order valence-electron chi connectivity index (χ2n) is 4.80. The third kappa shape index (κ3) is 4.71. The molecule has 4 N–H and O–H groups in total. The molecule has 0 spiro atoms. The highest BCUT2D eigenvalue weighted by atomic mass is 16.5. The van der Waals surface area contributed by atoms with Gasteiger partial charge in [-0.2, -0.15) is 0 Å². The topological polar surface area (TPSA) is 87.8 Å². The quantitative estimate of drug-likeness (QED) is 0.647. The molecule has 1 aromatic rings. The standard InChI is InChI=1S/C14H23N3O3/c1-10(2)17(6-7-18)9-14(19)16-12-5-4-11(15)8-13(12)20-3/h4-5,8,10,18H,6-7,9,15H2,1-3H3,(H,16,19). The van der Waals surface area contributed by atoms with Crippen molar-refractivity contribution in [2.24, 2.45) is 0 Å². The molecule has 0 fully saturated rings. The minimum absolute atomic E-state index is 0.0245. The fraction of sp³-hybridized carbons (Fsp3) is 0.500. The number of hydrogen-bond acceptors (Lipinski definition) is 5. The van der Waals surface area contributed by atoms with Gasteiger partial charge in [-0.15, -0.1) is 0 Å². The summed E-state index contributed by atoms with van der Waals surface area (Å²) in [5, 5.41) is 11.8. The summed E-state index contributed by atoms with van der Waals surface area (Å²) in [6, 6.07) is 5.24. The van der Waals surface area contributed by atoms with Crippen LogP contribution in [0.2, 0.25) is 0 Å². The molecular weight excluding hydrogens is 258 g/mol. The van der Waals surface area contributed by atoms with Gasteiger partial charge in [0, 0.05) is 24.3 Å². The minimum atomic E-state index is -0.157. The molecule has 0 aliphatic rings. The maximum Gasteiger partial charge on any atom is 0.238 e. The average molecular weight is 281 g/mol. The number of nitrogens with one attached hydrogen (secondary N) is 1. The summed E-state index contributed by atoms with van der Waals surface area (Å²) < 4.78 is 5.18. The number of carbonyl (C=O) groups is 1. The molecule has 0 atom stereocenters. The minimum Gasteiger partial charge on any atom is -0.494 e. The monoisotopic (exact) mass is 281 g/mol. The first-order valence-corrected chi connectivity index (χ1v) is 6.56. The van der Waals surface area contributed by atoms with E-state index in [0.717, 1.165) is 0 Å². The number of anilines is 2. The number of hydrogen-bond donors (Lipinski definition) is 3. The van der Waals surface area contributed by atoms with E-state index in [1.54, 1.807) is 18.2 Å². The van der Waals surface area contributed by atoms with Crippen molar-refractivity contribution in [2.45, 2.75) is 19.9 Å². The van der Waals surface area contributed by atoms with Crippen molar-refractivity contribution >= 4 is 17.3 Å². The predicted octanol–water partition coefficient (Wildman–Crippen LogP) is 0.919. The first kappa shape index (κ1) is 16.3. The van der Waals surface area contributed by atoms with Crippen LogP contribution >= 0.6 is 0 Å². The molecule has 1 amide bonds. The highest BCUT2D eigenvalue weighted by molar-refractivity contribution is 5.94. The molecule has 0 saturated carbocycles. The summed E-state index contributed by atoms with van der Waals surface area (Å²) in [4.78, 5) is 13.9. The highest BCUT2D eigenvalue weighted by Gasteiger charge is 2.15. The van der Waals surface area contributed by atoms with Crippen LogP contribution in [-0.2, 0) is 4.79 Å². The Bertz CT molecular complexity index is 449. The van der Waals surface area contributed by atoms with E-state index in [0.29, 0.717) is 23.7 Å². The molecule has 0 bridgehead atoms. The summed E-state index contributed by atoms with van der Waals surface area (Å²) in [5.41, 5.74) is 6.82. The Hall–Kier alpha value is -1.79. The van der Waals surface area contributed by atoms with E-state index in [4.69, 9.17) is 15.6 Å². The zero-order chi connectivity index (χ0) is 15.1. The van der Waals surface area contributed by atoms with Crippen LogP contribution in [0.3, 0.4) is 0 Å². The normalized spacial score (nSPS) is 10.9. The van der Waals surface area contributed by atoms with Gasteiger partial charge >= 0.3 is 0 Å². The van der Waals surface area contributed by atoms with Crippen LogP contribution in [0.5, 0.6) is 5.75 Å². The van der Waals surface area contributed by atoms with Gasteiger partial charge in [-0.05, 0) is 26.0 Å². The largest absolute Gasteiger partial charge is 0.494 e. The zero-order valence-corrected chi connectivity index (χ0v) is 12.2. The van der Waals surface area contributed by atoms with Crippen molar-refractivity contribution in [3.05, 3.63) is 18.2 Å². The second-order valence-corrected chi connectivity index (χ2v) is 4.80. The molecule has 0 radical (unpaired) electrons. The fourth-order valence-electron chi connectivity index (χ4n) is 1.83. The number of benzene rings is 1. The van der Waals surface area contributed by atoms with Crippen molar-refractivity contribution in [1.82, 2.24) is 4.90 Å². The summed E-state index contributed by atoms with van der Waals surface area (Å²) in [5.74, 6) is 0.367. The summed E-state index contributed by atoms with van der Waals surface area (Å²) >= 11 is 0. The molecule has 20 heavy (non-hydrogen) atoms. The van der Waals surface area contributed by atoms with Crippen LogP contribution in [0, 0.1) is 0 Å². The number of methoxy groups -OCH3 is 1. The maximum atomic E-state index is 12.0. The van der Waals surface area contributed by atoms with E-state index in [-0.39, 0.29) is 25.1 Å². The number of aliphatic hydroxyl groups is 1. The Morgan fingerprint density at radius 2 is 2.20 bits per heavy atom. The third-order valence-electron chi connectivity index (χ3n) is 2.96. The molecule has 0 heterocycles. The van der Waals surface area contributed by atoms with Gasteiger partial charge in [0.05, 0.1) is 25.9 Å².